The highest BCUT2D eigenvalue weighted by molar-refractivity contribution is 9.10. The summed E-state index contributed by atoms with van der Waals surface area (Å²) < 4.78 is 18.7. The Hall–Kier alpha value is -0.900. The van der Waals surface area contributed by atoms with Gasteiger partial charge in [0.25, 0.3) is 0 Å². The van der Waals surface area contributed by atoms with Crippen LogP contribution in [0.2, 0.25) is 0 Å². The molecule has 0 amide bonds. The fourth-order valence-corrected chi connectivity index (χ4v) is 1.39. The number of halogens is 2. The van der Waals surface area contributed by atoms with Crippen LogP contribution in [0.3, 0.4) is 0 Å². The summed E-state index contributed by atoms with van der Waals surface area (Å²) in [4.78, 5) is 10.9. The van der Waals surface area contributed by atoms with Crippen molar-refractivity contribution in [1.29, 1.82) is 0 Å². The molecule has 0 unspecified atom stereocenters. The van der Waals surface area contributed by atoms with Gasteiger partial charge in [0.1, 0.15) is 5.82 Å². The van der Waals surface area contributed by atoms with E-state index in [-0.39, 0.29) is 12.2 Å². The SMILES string of the molecule is COC(=O)Cc1ccc(Br)c(C)c1F. The average molecular weight is 261 g/mol. The molecule has 0 heterocycles. The third-order valence-electron chi connectivity index (χ3n) is 1.96. The molecule has 1 rings (SSSR count). The first-order chi connectivity index (χ1) is 6.56. The minimum atomic E-state index is -0.439. The Morgan fingerprint density at radius 1 is 1.57 bits per heavy atom. The lowest BCUT2D eigenvalue weighted by molar-refractivity contribution is -0.139. The van der Waals surface area contributed by atoms with Crippen LogP contribution in [0.25, 0.3) is 0 Å². The molecule has 0 saturated heterocycles. The number of carbonyl (C=O) groups excluding carboxylic acids is 1. The van der Waals surface area contributed by atoms with Gasteiger partial charge in [-0.15, -0.1) is 0 Å². The first-order valence-electron chi connectivity index (χ1n) is 4.06. The topological polar surface area (TPSA) is 26.3 Å². The zero-order valence-electron chi connectivity index (χ0n) is 7.93. The number of esters is 1. The molecule has 76 valence electrons. The largest absolute Gasteiger partial charge is 0.469 e. The maximum atomic E-state index is 13.5. The minimum absolute atomic E-state index is 0.0313. The molecule has 1 aromatic carbocycles. The van der Waals surface area contributed by atoms with Gasteiger partial charge in [-0.25, -0.2) is 4.39 Å². The van der Waals surface area contributed by atoms with Crippen molar-refractivity contribution in [2.24, 2.45) is 0 Å². The maximum absolute atomic E-state index is 13.5. The Morgan fingerprint density at radius 2 is 2.21 bits per heavy atom. The van der Waals surface area contributed by atoms with Crippen LogP contribution in [0.15, 0.2) is 16.6 Å². The summed E-state index contributed by atoms with van der Waals surface area (Å²) in [6, 6.07) is 3.29. The van der Waals surface area contributed by atoms with E-state index in [9.17, 15) is 9.18 Å². The molecule has 0 aliphatic rings. The summed E-state index contributed by atoms with van der Waals surface area (Å²) >= 11 is 3.21. The van der Waals surface area contributed by atoms with E-state index < -0.39 is 5.97 Å². The van der Waals surface area contributed by atoms with E-state index in [0.717, 1.165) is 0 Å². The summed E-state index contributed by atoms with van der Waals surface area (Å²) in [5, 5.41) is 0. The summed E-state index contributed by atoms with van der Waals surface area (Å²) in [7, 11) is 1.28. The molecule has 0 aliphatic heterocycles. The van der Waals surface area contributed by atoms with Gasteiger partial charge in [0.15, 0.2) is 0 Å². The van der Waals surface area contributed by atoms with Crippen molar-refractivity contribution in [3.63, 3.8) is 0 Å². The van der Waals surface area contributed by atoms with Gasteiger partial charge in [0.05, 0.1) is 13.5 Å². The van der Waals surface area contributed by atoms with Crippen LogP contribution < -0.4 is 0 Å². The first-order valence-corrected chi connectivity index (χ1v) is 4.86. The van der Waals surface area contributed by atoms with E-state index in [4.69, 9.17) is 0 Å². The molecule has 0 spiro atoms. The lowest BCUT2D eigenvalue weighted by Gasteiger charge is -2.05. The average Bonchev–Trinajstić information content (AvgIpc) is 2.19. The van der Waals surface area contributed by atoms with E-state index in [1.165, 1.54) is 7.11 Å². The summed E-state index contributed by atoms with van der Waals surface area (Å²) in [5.74, 6) is -0.796. The minimum Gasteiger partial charge on any atom is -0.469 e. The molecule has 0 aromatic heterocycles. The van der Waals surface area contributed by atoms with Crippen molar-refractivity contribution >= 4 is 21.9 Å². The molecule has 0 atom stereocenters. The van der Waals surface area contributed by atoms with Crippen molar-refractivity contribution in [3.8, 4) is 0 Å². The molecule has 4 heteroatoms. The first kappa shape index (κ1) is 11.2. The maximum Gasteiger partial charge on any atom is 0.310 e. The number of hydrogen-bond acceptors (Lipinski definition) is 2. The standard InChI is InChI=1S/C10H10BrFO2/c1-6-8(11)4-3-7(10(6)12)5-9(13)14-2/h3-4H,5H2,1-2H3. The second kappa shape index (κ2) is 4.55. The van der Waals surface area contributed by atoms with E-state index in [2.05, 4.69) is 20.7 Å². The monoisotopic (exact) mass is 260 g/mol. The molecular weight excluding hydrogens is 251 g/mol. The van der Waals surface area contributed by atoms with Crippen molar-refractivity contribution in [2.75, 3.05) is 7.11 Å². The summed E-state index contributed by atoms with van der Waals surface area (Å²) in [5.41, 5.74) is 0.865. The number of carbonyl (C=O) groups is 1. The third kappa shape index (κ3) is 2.32. The van der Waals surface area contributed by atoms with Crippen LogP contribution in [0, 0.1) is 12.7 Å². The van der Waals surface area contributed by atoms with Gasteiger partial charge in [-0.3, -0.25) is 4.79 Å². The van der Waals surface area contributed by atoms with Gasteiger partial charge in [-0.2, -0.15) is 0 Å². The Balaban J connectivity index is 3.00. The van der Waals surface area contributed by atoms with E-state index in [1.807, 2.05) is 0 Å². The molecule has 0 fully saturated rings. The van der Waals surface area contributed by atoms with Crippen molar-refractivity contribution in [1.82, 2.24) is 0 Å². The highest BCUT2D eigenvalue weighted by Gasteiger charge is 2.11. The van der Waals surface area contributed by atoms with Gasteiger partial charge in [-0.1, -0.05) is 22.0 Å². The predicted octanol–water partition coefficient (Wildman–Crippen LogP) is 2.61. The van der Waals surface area contributed by atoms with E-state index in [1.54, 1.807) is 19.1 Å². The number of benzene rings is 1. The number of ether oxygens (including phenoxy) is 1. The van der Waals surface area contributed by atoms with Gasteiger partial charge >= 0.3 is 5.97 Å². The molecule has 0 bridgehead atoms. The zero-order chi connectivity index (χ0) is 10.7. The predicted molar refractivity (Wildman–Crippen MR) is 54.6 cm³/mol. The second-order valence-corrected chi connectivity index (χ2v) is 3.75. The van der Waals surface area contributed by atoms with Crippen molar-refractivity contribution in [3.05, 3.63) is 33.5 Å². The van der Waals surface area contributed by atoms with Crippen molar-refractivity contribution < 1.29 is 13.9 Å². The Morgan fingerprint density at radius 3 is 2.79 bits per heavy atom. The molecule has 1 aromatic rings. The van der Waals surface area contributed by atoms with Crippen LogP contribution in [-0.2, 0) is 16.0 Å². The molecule has 0 aliphatic carbocycles. The highest BCUT2D eigenvalue weighted by atomic mass is 79.9. The van der Waals surface area contributed by atoms with Gasteiger partial charge in [0, 0.05) is 4.47 Å². The quantitative estimate of drug-likeness (QED) is 0.765. The number of methoxy groups -OCH3 is 1. The lowest BCUT2D eigenvalue weighted by Crippen LogP contribution is -2.07. The van der Waals surface area contributed by atoms with Gasteiger partial charge in [-0.05, 0) is 24.1 Å². The van der Waals surface area contributed by atoms with Crippen LogP contribution >= 0.6 is 15.9 Å². The molecule has 14 heavy (non-hydrogen) atoms. The lowest BCUT2D eigenvalue weighted by atomic mass is 10.1. The number of rotatable bonds is 2. The fraction of sp³-hybridized carbons (Fsp3) is 0.300. The molecule has 0 N–H and O–H groups in total. The number of hydrogen-bond donors (Lipinski definition) is 0. The van der Waals surface area contributed by atoms with Crippen LogP contribution in [0.1, 0.15) is 11.1 Å². The van der Waals surface area contributed by atoms with Gasteiger partial charge in [0.2, 0.25) is 0 Å². The molecule has 0 radical (unpaired) electrons. The van der Waals surface area contributed by atoms with E-state index >= 15 is 0 Å². The highest BCUT2D eigenvalue weighted by Crippen LogP contribution is 2.22. The fourth-order valence-electron chi connectivity index (χ4n) is 1.08. The molecule has 2 nitrogen and oxygen atoms in total. The van der Waals surface area contributed by atoms with Gasteiger partial charge < -0.3 is 4.74 Å². The summed E-state index contributed by atoms with van der Waals surface area (Å²) in [6.07, 6.45) is -0.0313. The Kier molecular flexibility index (Phi) is 3.63. The third-order valence-corrected chi connectivity index (χ3v) is 2.82. The smallest absolute Gasteiger partial charge is 0.310 e. The van der Waals surface area contributed by atoms with Crippen LogP contribution in [0.5, 0.6) is 0 Å². The Bertz CT molecular complexity index is 363. The van der Waals surface area contributed by atoms with Crippen molar-refractivity contribution in [2.45, 2.75) is 13.3 Å². The molecule has 0 saturated carbocycles. The Labute approximate surface area is 90.2 Å². The van der Waals surface area contributed by atoms with Crippen LogP contribution in [0.4, 0.5) is 4.39 Å². The second-order valence-electron chi connectivity index (χ2n) is 2.90. The summed E-state index contributed by atoms with van der Waals surface area (Å²) in [6.45, 7) is 1.65. The molecular formula is C10H10BrFO2. The zero-order valence-corrected chi connectivity index (χ0v) is 9.52. The van der Waals surface area contributed by atoms with E-state index in [0.29, 0.717) is 15.6 Å². The van der Waals surface area contributed by atoms with Crippen LogP contribution in [-0.4, -0.2) is 13.1 Å². The normalized spacial score (nSPS) is 10.0.